The normalized spacial score (nSPS) is 28.5. The molecule has 5 aliphatic heterocycles. The second-order valence-corrected chi connectivity index (χ2v) is 31.5. The van der Waals surface area contributed by atoms with Gasteiger partial charge in [-0.05, 0) is 76.5 Å². The number of methoxy groups -OCH3 is 6. The highest BCUT2D eigenvalue weighted by Crippen LogP contribution is 2.63. The van der Waals surface area contributed by atoms with Crippen molar-refractivity contribution in [3.63, 3.8) is 0 Å². The quantitative estimate of drug-likeness (QED) is 0.0383. The monoisotopic (exact) mass is 1290 g/mol. The third kappa shape index (κ3) is 15.2. The predicted molar refractivity (Wildman–Crippen MR) is 335 cm³/mol. The minimum atomic E-state index is -3.11. The smallest absolute Gasteiger partial charge is 0.469 e. The van der Waals surface area contributed by atoms with E-state index in [-0.39, 0.29) is 83.2 Å². The molecule has 0 aliphatic carbocycles. The van der Waals surface area contributed by atoms with E-state index >= 15 is 4.79 Å². The standard InChI is InChI=1S/C63H101N5O19Si2/c1-39-54-42(24-27-49(71)77-10)59(3,4)46(65-54)36-45-41(23-26-48(70)76-9)61(6,37-47(69)68(31-21-33-88(82-15,83-16)84-17)32-22-34-89(85-18,86-19)87-20)57(64-45)40(2)55-43(25-28-50(72)78-11)62(7,38-53(75)81-14)63(8,67-55)58-44(35-52(74)80-13)60(5,56(39)66-58)30-29-51(73)79-12/h36,41-44,58,64H,21-35,37-38H2,1-20H3/b45-36-,54-39?,57-40-/t41-,42-,43-,44+,58?,60-,61+,62+,63+/m1/s1. The van der Waals surface area contributed by atoms with E-state index in [9.17, 15) is 28.8 Å². The highest BCUT2D eigenvalue weighted by atomic mass is 28.4. The first kappa shape index (κ1) is 74.2. The second-order valence-electron chi connectivity index (χ2n) is 25.3. The van der Waals surface area contributed by atoms with E-state index in [1.54, 1.807) is 42.7 Å². The Morgan fingerprint density at radius 3 is 1.49 bits per heavy atom. The van der Waals surface area contributed by atoms with Crippen LogP contribution in [-0.2, 0) is 88.5 Å². The summed E-state index contributed by atoms with van der Waals surface area (Å²) in [7, 11) is 10.9. The topological polar surface area (TPSA) is 283 Å². The van der Waals surface area contributed by atoms with E-state index < -0.39 is 110 Å². The summed E-state index contributed by atoms with van der Waals surface area (Å²) in [5.41, 5.74) is -1.02. The zero-order chi connectivity index (χ0) is 66.7. The molecule has 5 rings (SSSR count). The number of esters is 6. The summed E-state index contributed by atoms with van der Waals surface area (Å²) in [6.07, 6.45) is 2.98. The van der Waals surface area contributed by atoms with Crippen LogP contribution in [0.25, 0.3) is 0 Å². The van der Waals surface area contributed by atoms with Crippen molar-refractivity contribution in [3.8, 4) is 0 Å². The number of allylic oxidation sites excluding steroid dienone is 6. The molecule has 1 N–H and O–H groups in total. The molecule has 0 radical (unpaired) electrons. The molecule has 1 amide bonds. The molecule has 1 saturated heterocycles. The molecule has 9 atom stereocenters. The van der Waals surface area contributed by atoms with Gasteiger partial charge in [-0.1, -0.05) is 34.6 Å². The summed E-state index contributed by atoms with van der Waals surface area (Å²) < 4.78 is 66.9. The van der Waals surface area contributed by atoms with E-state index in [4.69, 9.17) is 70.0 Å². The van der Waals surface area contributed by atoms with Gasteiger partial charge in [0.15, 0.2) is 0 Å². The van der Waals surface area contributed by atoms with Gasteiger partial charge in [0.25, 0.3) is 0 Å². The summed E-state index contributed by atoms with van der Waals surface area (Å²) in [5, 5.41) is 3.87. The molecule has 0 saturated carbocycles. The molecule has 0 spiro atoms. The SMILES string of the molecule is COC(=O)CC[C@@H]1C2=C(C)C3=NC([C@H](CC(=O)OC)[C@@]3(C)CCC(=O)OC)[C@]3(C)N=C(/C(C)=C4\N/C(=C\C(=N2)C1(C)C)[C@@H](CCC(=O)OC)[C@]4(C)CC(=O)N(CCC[Si](OC)(OC)OC)CCC[Si](OC)(OC)OC)[C@@H](CCC(=O)OC)[C@]3(C)CC(=O)OC. The number of ether oxygens (including phenoxy) is 6. The summed E-state index contributed by atoms with van der Waals surface area (Å²) >= 11 is 0. The summed E-state index contributed by atoms with van der Waals surface area (Å²) in [5.74, 6) is -5.76. The fourth-order valence-corrected chi connectivity index (χ4v) is 18.2. The van der Waals surface area contributed by atoms with Gasteiger partial charge in [-0.25, -0.2) is 0 Å². The zero-order valence-corrected chi connectivity index (χ0v) is 58.5. The van der Waals surface area contributed by atoms with Crippen molar-refractivity contribution in [3.05, 3.63) is 34.3 Å². The van der Waals surface area contributed by atoms with Gasteiger partial charge in [0.2, 0.25) is 5.91 Å². The lowest BCUT2D eigenvalue weighted by molar-refractivity contribution is -0.147. The molecule has 5 heterocycles. The van der Waals surface area contributed by atoms with Crippen LogP contribution in [0.2, 0.25) is 12.1 Å². The van der Waals surface area contributed by atoms with Crippen LogP contribution in [0.4, 0.5) is 0 Å². The number of nitrogens with one attached hydrogen (secondary N) is 1. The van der Waals surface area contributed by atoms with Gasteiger partial charge in [-0.3, -0.25) is 48.5 Å². The van der Waals surface area contributed by atoms with Gasteiger partial charge in [0.1, 0.15) is 0 Å². The molecule has 500 valence electrons. The Balaban J connectivity index is 2.01. The van der Waals surface area contributed by atoms with Crippen LogP contribution in [0.3, 0.4) is 0 Å². The molecule has 5 aliphatic rings. The Hall–Kier alpha value is -5.49. The maximum absolute atomic E-state index is 15.9. The minimum Gasteiger partial charge on any atom is -0.469 e. The van der Waals surface area contributed by atoms with Crippen LogP contribution in [0.1, 0.15) is 139 Å². The Kier molecular flexibility index (Phi) is 25.7. The van der Waals surface area contributed by atoms with Crippen LogP contribution >= 0.6 is 0 Å². The van der Waals surface area contributed by atoms with Crippen LogP contribution < -0.4 is 5.32 Å². The number of aliphatic imine (C=N–C) groups is 3. The van der Waals surface area contributed by atoms with Gasteiger partial charge < -0.3 is 65.2 Å². The molecular weight excluding hydrogens is 1190 g/mol. The number of nitrogens with zero attached hydrogens (tertiary/aromatic N) is 4. The van der Waals surface area contributed by atoms with Crippen LogP contribution in [0, 0.1) is 45.3 Å². The van der Waals surface area contributed by atoms with E-state index in [0.29, 0.717) is 76.7 Å². The molecule has 0 aromatic carbocycles. The van der Waals surface area contributed by atoms with Crippen molar-refractivity contribution in [1.29, 1.82) is 0 Å². The second kappa shape index (κ2) is 30.8. The molecule has 1 fully saturated rings. The van der Waals surface area contributed by atoms with Crippen molar-refractivity contribution in [1.82, 2.24) is 10.2 Å². The summed E-state index contributed by atoms with van der Waals surface area (Å²) in [6, 6.07) is -0.150. The average Bonchev–Trinajstić information content (AvgIpc) is 1.56. The van der Waals surface area contributed by atoms with Crippen molar-refractivity contribution in [2.24, 2.45) is 60.3 Å². The van der Waals surface area contributed by atoms with Crippen LogP contribution in [-0.4, -0.2) is 191 Å². The first-order valence-electron chi connectivity index (χ1n) is 30.6. The Morgan fingerprint density at radius 2 is 1.02 bits per heavy atom. The van der Waals surface area contributed by atoms with Crippen molar-refractivity contribution >= 4 is 76.5 Å². The van der Waals surface area contributed by atoms with Gasteiger partial charge in [0.05, 0.1) is 67.1 Å². The van der Waals surface area contributed by atoms with E-state index in [0.717, 1.165) is 0 Å². The molecule has 26 heteroatoms. The van der Waals surface area contributed by atoms with Crippen molar-refractivity contribution in [2.75, 3.05) is 98.4 Å². The lowest BCUT2D eigenvalue weighted by atomic mass is 9.55. The predicted octanol–water partition coefficient (Wildman–Crippen LogP) is 7.73. The largest absolute Gasteiger partial charge is 0.500 e. The Bertz CT molecular complexity index is 2780. The third-order valence-electron chi connectivity index (χ3n) is 20.7. The van der Waals surface area contributed by atoms with Crippen LogP contribution in [0.15, 0.2) is 49.3 Å². The molecule has 0 aromatic rings. The number of hydrogen-bond acceptors (Lipinski definition) is 23. The molecule has 0 aromatic heterocycles. The molecule has 24 nitrogen and oxygen atoms in total. The molecule has 89 heavy (non-hydrogen) atoms. The lowest BCUT2D eigenvalue weighted by Gasteiger charge is -2.48. The molecular formula is C63H101N5O19Si2. The van der Waals surface area contributed by atoms with Gasteiger partial charge >= 0.3 is 53.4 Å². The summed E-state index contributed by atoms with van der Waals surface area (Å²) in [6.45, 7) is 16.4. The van der Waals surface area contributed by atoms with Gasteiger partial charge in [-0.15, -0.1) is 0 Å². The summed E-state index contributed by atoms with van der Waals surface area (Å²) in [4.78, 5) is 117. The molecule has 8 bridgehead atoms. The first-order valence-corrected chi connectivity index (χ1v) is 34.5. The Morgan fingerprint density at radius 1 is 0.562 bits per heavy atom. The molecule has 1 unspecified atom stereocenters. The van der Waals surface area contributed by atoms with Gasteiger partial charge in [-0.2, -0.15) is 0 Å². The number of rotatable bonds is 32. The van der Waals surface area contributed by atoms with E-state index in [1.165, 1.54) is 42.7 Å². The number of fused-ring (bicyclic) bond motifs is 6. The highest BCUT2D eigenvalue weighted by Gasteiger charge is 2.67. The van der Waals surface area contributed by atoms with E-state index in [2.05, 4.69) is 19.2 Å². The number of amides is 1. The lowest BCUT2D eigenvalue weighted by Crippen LogP contribution is -2.55. The third-order valence-corrected chi connectivity index (χ3v) is 26.3. The van der Waals surface area contributed by atoms with E-state index in [1.807, 2.05) is 52.5 Å². The maximum Gasteiger partial charge on any atom is 0.500 e. The maximum atomic E-state index is 15.9. The average molecular weight is 1290 g/mol. The first-order chi connectivity index (χ1) is 41.9. The van der Waals surface area contributed by atoms with Crippen LogP contribution in [0.5, 0.6) is 0 Å². The Labute approximate surface area is 528 Å². The number of hydrogen-bond donors (Lipinski definition) is 1. The number of carbonyl (C=O) groups is 7. The van der Waals surface area contributed by atoms with Crippen molar-refractivity contribution < 1.29 is 88.5 Å². The fraction of sp³-hybridized carbons (Fsp3) is 0.746. The zero-order valence-electron chi connectivity index (χ0n) is 56.5. The van der Waals surface area contributed by atoms with Crippen molar-refractivity contribution in [2.45, 2.75) is 163 Å². The highest BCUT2D eigenvalue weighted by molar-refractivity contribution is 6.60. The number of carbonyl (C=O) groups excluding carboxylic acids is 7. The fourth-order valence-electron chi connectivity index (χ4n) is 14.8. The minimum absolute atomic E-state index is 0.0365. The van der Waals surface area contributed by atoms with Gasteiger partial charge in [0, 0.05) is 179 Å².